The van der Waals surface area contributed by atoms with Crippen LogP contribution in [0, 0.1) is 5.41 Å². The molecule has 2 aliphatic heterocycles. The van der Waals surface area contributed by atoms with E-state index in [0.717, 1.165) is 44.0 Å². The van der Waals surface area contributed by atoms with Crippen LogP contribution in [0.2, 0.25) is 0 Å². The van der Waals surface area contributed by atoms with Crippen molar-refractivity contribution in [3.63, 3.8) is 0 Å². The van der Waals surface area contributed by atoms with E-state index in [0.29, 0.717) is 6.61 Å². The van der Waals surface area contributed by atoms with Crippen LogP contribution in [-0.2, 0) is 4.79 Å². The van der Waals surface area contributed by atoms with Crippen molar-refractivity contribution in [1.29, 1.82) is 0 Å². The molecule has 1 amide bonds. The van der Waals surface area contributed by atoms with Crippen LogP contribution in [-0.4, -0.2) is 50.2 Å². The summed E-state index contributed by atoms with van der Waals surface area (Å²) in [5, 5.41) is 2.78. The van der Waals surface area contributed by atoms with Crippen molar-refractivity contribution in [1.82, 2.24) is 10.2 Å². The lowest BCUT2D eigenvalue weighted by atomic mass is 9.79. The molecule has 0 aliphatic carbocycles. The minimum absolute atomic E-state index is 0.0549. The number of piperidine rings is 1. The quantitative estimate of drug-likeness (QED) is 0.923. The number of hydrogen-bond acceptors (Lipinski definition) is 4. The number of carbonyl (C=O) groups excluding carboxylic acids is 1. The number of para-hydroxylation sites is 2. The minimum Gasteiger partial charge on any atom is -0.486 e. The summed E-state index contributed by atoms with van der Waals surface area (Å²) in [6, 6.07) is 7.79. The Morgan fingerprint density at radius 3 is 2.68 bits per heavy atom. The van der Waals surface area contributed by atoms with Crippen LogP contribution in [0.15, 0.2) is 24.3 Å². The van der Waals surface area contributed by atoms with Crippen LogP contribution in [0.3, 0.4) is 0 Å². The second-order valence-corrected chi connectivity index (χ2v) is 6.44. The molecule has 0 spiro atoms. The third kappa shape index (κ3) is 3.04. The van der Waals surface area contributed by atoms with Gasteiger partial charge in [0.1, 0.15) is 12.7 Å². The smallest absolute Gasteiger partial charge is 0.225 e. The highest BCUT2D eigenvalue weighted by atomic mass is 16.6. The monoisotopic (exact) mass is 304 g/mol. The van der Waals surface area contributed by atoms with Crippen molar-refractivity contribution >= 4 is 5.91 Å². The molecule has 1 saturated heterocycles. The van der Waals surface area contributed by atoms with E-state index < -0.39 is 0 Å². The van der Waals surface area contributed by atoms with Gasteiger partial charge in [-0.2, -0.15) is 0 Å². The highest BCUT2D eigenvalue weighted by Gasteiger charge is 2.37. The van der Waals surface area contributed by atoms with E-state index in [1.165, 1.54) is 0 Å². The molecule has 5 nitrogen and oxygen atoms in total. The molecule has 0 saturated carbocycles. The van der Waals surface area contributed by atoms with Gasteiger partial charge in [0, 0.05) is 19.0 Å². The summed E-state index contributed by atoms with van der Waals surface area (Å²) >= 11 is 0. The van der Waals surface area contributed by atoms with Crippen LogP contribution in [0.1, 0.15) is 19.8 Å². The van der Waals surface area contributed by atoms with Gasteiger partial charge in [-0.1, -0.05) is 19.1 Å². The molecule has 2 heterocycles. The van der Waals surface area contributed by atoms with E-state index in [1.54, 1.807) is 7.05 Å². The average molecular weight is 304 g/mol. The summed E-state index contributed by atoms with van der Waals surface area (Å²) in [7, 11) is 1.71. The van der Waals surface area contributed by atoms with Gasteiger partial charge in [-0.25, -0.2) is 0 Å². The Bertz CT molecular complexity index is 538. The summed E-state index contributed by atoms with van der Waals surface area (Å²) in [5.41, 5.74) is -0.234. The molecule has 2 aliphatic rings. The Hall–Kier alpha value is -1.75. The number of nitrogens with one attached hydrogen (secondary N) is 1. The largest absolute Gasteiger partial charge is 0.486 e. The molecular weight excluding hydrogens is 280 g/mol. The topological polar surface area (TPSA) is 50.8 Å². The fourth-order valence-corrected chi connectivity index (χ4v) is 3.20. The van der Waals surface area contributed by atoms with Crippen LogP contribution >= 0.6 is 0 Å². The maximum Gasteiger partial charge on any atom is 0.225 e. The predicted octanol–water partition coefficient (Wildman–Crippen LogP) is 1.67. The predicted molar refractivity (Wildman–Crippen MR) is 84.2 cm³/mol. The molecule has 5 heteroatoms. The first kappa shape index (κ1) is 15.2. The molecule has 1 N–H and O–H groups in total. The van der Waals surface area contributed by atoms with Crippen LogP contribution in [0.4, 0.5) is 0 Å². The maximum atomic E-state index is 11.9. The van der Waals surface area contributed by atoms with Gasteiger partial charge in [0.2, 0.25) is 5.91 Å². The fraction of sp³-hybridized carbons (Fsp3) is 0.588. The molecule has 120 valence electrons. The molecule has 0 unspecified atom stereocenters. The zero-order valence-corrected chi connectivity index (χ0v) is 13.3. The van der Waals surface area contributed by atoms with Gasteiger partial charge in [-0.05, 0) is 38.1 Å². The molecule has 1 atom stereocenters. The summed E-state index contributed by atoms with van der Waals surface area (Å²) in [6.07, 6.45) is 1.83. The van der Waals surface area contributed by atoms with Gasteiger partial charge in [0.25, 0.3) is 0 Å². The number of benzene rings is 1. The zero-order valence-electron chi connectivity index (χ0n) is 13.3. The molecule has 22 heavy (non-hydrogen) atoms. The maximum absolute atomic E-state index is 11.9. The Morgan fingerprint density at radius 1 is 1.32 bits per heavy atom. The highest BCUT2D eigenvalue weighted by molar-refractivity contribution is 5.82. The van der Waals surface area contributed by atoms with Crippen molar-refractivity contribution < 1.29 is 14.3 Å². The number of fused-ring (bicyclic) bond motifs is 1. The van der Waals surface area contributed by atoms with E-state index in [4.69, 9.17) is 9.47 Å². The third-order valence-electron chi connectivity index (χ3n) is 4.76. The molecule has 0 radical (unpaired) electrons. The number of nitrogens with zero attached hydrogens (tertiary/aromatic N) is 1. The lowest BCUT2D eigenvalue weighted by Gasteiger charge is -2.39. The summed E-state index contributed by atoms with van der Waals surface area (Å²) < 4.78 is 11.8. The second kappa shape index (κ2) is 6.16. The van der Waals surface area contributed by atoms with Gasteiger partial charge in [0.15, 0.2) is 11.5 Å². The fourth-order valence-electron chi connectivity index (χ4n) is 3.20. The number of amides is 1. The SMILES string of the molecule is CNC(=O)C1(C)CCN(C[C@H]2COc3ccccc3O2)CC1. The van der Waals surface area contributed by atoms with Gasteiger partial charge >= 0.3 is 0 Å². The van der Waals surface area contributed by atoms with Crippen molar-refractivity contribution in [2.75, 3.05) is 33.3 Å². The third-order valence-corrected chi connectivity index (χ3v) is 4.76. The normalized spacial score (nSPS) is 23.8. The van der Waals surface area contributed by atoms with Gasteiger partial charge in [0.05, 0.1) is 0 Å². The Kier molecular flexibility index (Phi) is 4.25. The number of likely N-dealkylation sites (tertiary alicyclic amines) is 1. The first-order valence-electron chi connectivity index (χ1n) is 7.94. The summed E-state index contributed by atoms with van der Waals surface area (Å²) in [6.45, 7) is 5.33. The standard InChI is InChI=1S/C17H24N2O3/c1-17(16(20)18-2)7-9-19(10-8-17)11-13-12-21-14-5-3-4-6-15(14)22-13/h3-6,13H,7-12H2,1-2H3,(H,18,20)/t13-/m0/s1. The van der Waals surface area contributed by atoms with Gasteiger partial charge in [-0.3, -0.25) is 9.69 Å². The number of carbonyl (C=O) groups is 1. The van der Waals surface area contributed by atoms with Crippen molar-refractivity contribution in [2.24, 2.45) is 5.41 Å². The summed E-state index contributed by atoms with van der Waals surface area (Å²) in [5.74, 6) is 1.80. The minimum atomic E-state index is -0.234. The molecule has 0 aromatic heterocycles. The first-order chi connectivity index (χ1) is 10.6. The molecule has 1 aromatic carbocycles. The Labute approximate surface area is 131 Å². The Balaban J connectivity index is 1.53. The van der Waals surface area contributed by atoms with Crippen LogP contribution < -0.4 is 14.8 Å². The number of rotatable bonds is 3. The lowest BCUT2D eigenvalue weighted by Crippen LogP contribution is -2.49. The van der Waals surface area contributed by atoms with E-state index in [2.05, 4.69) is 17.1 Å². The summed E-state index contributed by atoms with van der Waals surface area (Å²) in [4.78, 5) is 14.3. The number of ether oxygens (including phenoxy) is 2. The van der Waals surface area contributed by atoms with E-state index in [1.807, 2.05) is 24.3 Å². The van der Waals surface area contributed by atoms with Crippen LogP contribution in [0.5, 0.6) is 11.5 Å². The van der Waals surface area contributed by atoms with E-state index >= 15 is 0 Å². The molecular formula is C17H24N2O3. The van der Waals surface area contributed by atoms with Crippen molar-refractivity contribution in [3.8, 4) is 11.5 Å². The van der Waals surface area contributed by atoms with E-state index in [-0.39, 0.29) is 17.4 Å². The van der Waals surface area contributed by atoms with Gasteiger partial charge in [-0.15, -0.1) is 0 Å². The molecule has 1 aromatic rings. The molecule has 0 bridgehead atoms. The number of hydrogen-bond donors (Lipinski definition) is 1. The molecule has 1 fully saturated rings. The van der Waals surface area contributed by atoms with E-state index in [9.17, 15) is 4.79 Å². The molecule has 3 rings (SSSR count). The second-order valence-electron chi connectivity index (χ2n) is 6.44. The lowest BCUT2D eigenvalue weighted by molar-refractivity contribution is -0.132. The van der Waals surface area contributed by atoms with Gasteiger partial charge < -0.3 is 14.8 Å². The Morgan fingerprint density at radius 2 is 2.00 bits per heavy atom. The van der Waals surface area contributed by atoms with Crippen molar-refractivity contribution in [3.05, 3.63) is 24.3 Å². The first-order valence-corrected chi connectivity index (χ1v) is 7.94. The van der Waals surface area contributed by atoms with Crippen molar-refractivity contribution in [2.45, 2.75) is 25.9 Å². The highest BCUT2D eigenvalue weighted by Crippen LogP contribution is 2.33. The zero-order chi connectivity index (χ0) is 15.6. The average Bonchev–Trinajstić information content (AvgIpc) is 2.56. The van der Waals surface area contributed by atoms with Crippen LogP contribution in [0.25, 0.3) is 0 Å².